The molecule has 43 heteroatoms. The van der Waals surface area contributed by atoms with Gasteiger partial charge in [-0.15, -0.1) is 0 Å². The van der Waals surface area contributed by atoms with Crippen molar-refractivity contribution in [3.8, 4) is 0 Å². The Labute approximate surface area is 542 Å². The molecule has 0 spiro atoms. The van der Waals surface area contributed by atoms with E-state index in [-0.39, 0.29) is 25.1 Å². The molecule has 96 heavy (non-hydrogen) atoms. The van der Waals surface area contributed by atoms with Gasteiger partial charge in [-0.2, -0.15) is 0 Å². The Bertz CT molecular complexity index is 2340. The number of ether oxygens (including phenoxy) is 17. The molecule has 0 radical (unpaired) electrons. The Morgan fingerprint density at radius 1 is 0.302 bits per heavy atom. The summed E-state index contributed by atoms with van der Waals surface area (Å²) in [6.45, 7) is -8.00. The van der Waals surface area contributed by atoms with Crippen LogP contribution in [0.4, 0.5) is 0 Å². The first-order valence-corrected chi connectivity index (χ1v) is 30.1. The van der Waals surface area contributed by atoms with Crippen molar-refractivity contribution in [2.75, 3.05) is 59.5 Å². The van der Waals surface area contributed by atoms with Crippen molar-refractivity contribution < 1.29 is 212 Å². The highest BCUT2D eigenvalue weighted by Crippen LogP contribution is 2.38. The van der Waals surface area contributed by atoms with Crippen molar-refractivity contribution in [3.05, 3.63) is 0 Å². The summed E-state index contributed by atoms with van der Waals surface area (Å²) in [4.78, 5) is 46.7. The van der Waals surface area contributed by atoms with Crippen molar-refractivity contribution in [2.24, 2.45) is 0 Å². The molecule has 39 atom stereocenters. The molecule has 38 unspecified atom stereocenters. The zero-order chi connectivity index (χ0) is 70.7. The van der Waals surface area contributed by atoms with E-state index in [2.05, 4.69) is 0 Å². The highest BCUT2D eigenvalue weighted by molar-refractivity contribution is 5.59. The minimum atomic E-state index is -2.51. The van der Waals surface area contributed by atoms with E-state index in [1.807, 2.05) is 0 Å². The predicted molar refractivity (Wildman–Crippen MR) is 289 cm³/mol. The maximum Gasteiger partial charge on any atom is 0.215 e. The number of aldehydes is 4. The van der Waals surface area contributed by atoms with Gasteiger partial charge >= 0.3 is 0 Å². The highest BCUT2D eigenvalue weighted by atomic mass is 16.8. The van der Waals surface area contributed by atoms with Crippen LogP contribution in [0.5, 0.6) is 0 Å². The molecule has 0 amide bonds. The molecule has 0 aromatic carbocycles. The fourth-order valence-electron chi connectivity index (χ4n) is 11.4. The molecule has 0 aliphatic carbocycles. The Kier molecular flexibility index (Phi) is 30.9. The number of hydrogen-bond donors (Lipinski definition) is 22. The SMILES string of the molecule is CC1OC(CO)C(O)C(OC2OC(CO)C(O)C(OC3OC(CO)C(O)C(OC4OC(COC5OC(CO)C(O)C(OC6OC(CO)C(O)C(OC(C=O)OC(C=O)CO)[C@@H]6O)C5O)C(O)C(OC5OC(CO)C(O)C(OC(C=O)OC(C=O)CO)C5O)C4O)C3O)C2O)C1O. The van der Waals surface area contributed by atoms with E-state index in [1.165, 1.54) is 6.92 Å². The zero-order valence-electron chi connectivity index (χ0n) is 50.6. The predicted octanol–water partition coefficient (Wildman–Crippen LogP) is -17.0. The lowest BCUT2D eigenvalue weighted by Crippen LogP contribution is -2.68. The Morgan fingerprint density at radius 3 is 0.823 bits per heavy atom. The summed E-state index contributed by atoms with van der Waals surface area (Å²) < 4.78 is 95.1. The van der Waals surface area contributed by atoms with Crippen molar-refractivity contribution in [1.29, 1.82) is 0 Å². The van der Waals surface area contributed by atoms with Crippen LogP contribution in [0.3, 0.4) is 0 Å². The van der Waals surface area contributed by atoms with E-state index in [1.54, 1.807) is 0 Å². The topological polar surface area (TPSA) is 670 Å². The normalized spacial score (nSPS) is 46.9. The molecule has 7 saturated heterocycles. The van der Waals surface area contributed by atoms with E-state index < -0.39 is 299 Å². The summed E-state index contributed by atoms with van der Waals surface area (Å²) in [7, 11) is 0. The van der Waals surface area contributed by atoms with Gasteiger partial charge in [0.2, 0.25) is 12.6 Å². The number of hydrogen-bond acceptors (Lipinski definition) is 43. The maximum atomic E-state index is 12.1. The largest absolute Gasteiger partial charge is 0.394 e. The highest BCUT2D eigenvalue weighted by Gasteiger charge is 2.59. The van der Waals surface area contributed by atoms with E-state index in [0.29, 0.717) is 0 Å². The molecule has 43 nitrogen and oxygen atoms in total. The van der Waals surface area contributed by atoms with E-state index in [0.717, 1.165) is 0 Å². The van der Waals surface area contributed by atoms with Crippen molar-refractivity contribution in [2.45, 2.75) is 246 Å². The average Bonchev–Trinajstić information content (AvgIpc) is 0.809. The van der Waals surface area contributed by atoms with Gasteiger partial charge < -0.3 is 202 Å². The summed E-state index contributed by atoms with van der Waals surface area (Å²) in [6, 6.07) is 0. The van der Waals surface area contributed by atoms with E-state index in [4.69, 9.17) is 80.5 Å². The third-order valence-corrected chi connectivity index (χ3v) is 16.8. The van der Waals surface area contributed by atoms with E-state index in [9.17, 15) is 132 Å². The molecule has 0 bridgehead atoms. The van der Waals surface area contributed by atoms with Gasteiger partial charge in [0.1, 0.15) is 183 Å². The van der Waals surface area contributed by atoms with Crippen LogP contribution >= 0.6 is 0 Å². The van der Waals surface area contributed by atoms with Gasteiger partial charge in [-0.05, 0) is 6.92 Å². The number of carbonyl (C=O) groups excluding carboxylic acids is 4. The van der Waals surface area contributed by atoms with Crippen molar-refractivity contribution >= 4 is 25.1 Å². The number of rotatable bonds is 33. The monoisotopic (exact) mass is 1410 g/mol. The third kappa shape index (κ3) is 18.1. The summed E-state index contributed by atoms with van der Waals surface area (Å²) in [5.41, 5.74) is 0. The molecule has 7 heterocycles. The summed E-state index contributed by atoms with van der Waals surface area (Å²) >= 11 is 0. The quantitative estimate of drug-likeness (QED) is 0.0214. The number of aliphatic hydroxyl groups is 22. The molecule has 22 N–H and O–H groups in total. The van der Waals surface area contributed by atoms with Crippen LogP contribution in [0.25, 0.3) is 0 Å². The molecule has 0 aromatic rings. The Balaban J connectivity index is 1.17. The van der Waals surface area contributed by atoms with Crippen molar-refractivity contribution in [1.82, 2.24) is 0 Å². The van der Waals surface area contributed by atoms with E-state index >= 15 is 0 Å². The van der Waals surface area contributed by atoms with Crippen LogP contribution in [0.2, 0.25) is 0 Å². The second-order valence-corrected chi connectivity index (χ2v) is 23.1. The van der Waals surface area contributed by atoms with Gasteiger partial charge in [-0.1, -0.05) is 0 Å². The Morgan fingerprint density at radius 2 is 0.542 bits per heavy atom. The molecular formula is C53H86O43. The molecule has 0 saturated carbocycles. The van der Waals surface area contributed by atoms with Crippen LogP contribution in [0, 0.1) is 0 Å². The summed E-state index contributed by atoms with van der Waals surface area (Å²) in [5, 5.41) is 241. The first kappa shape index (κ1) is 80.4. The molecule has 0 aromatic heterocycles. The van der Waals surface area contributed by atoms with Gasteiger partial charge in [-0.25, -0.2) is 0 Å². The fraction of sp³-hybridized carbons (Fsp3) is 0.925. The summed E-state index contributed by atoms with van der Waals surface area (Å²) in [5.74, 6) is 0. The van der Waals surface area contributed by atoms with Gasteiger partial charge in [0.25, 0.3) is 0 Å². The smallest absolute Gasteiger partial charge is 0.215 e. The minimum absolute atomic E-state index is 0.0371. The number of aliphatic hydroxyl groups excluding tert-OH is 22. The summed E-state index contributed by atoms with van der Waals surface area (Å²) in [6.07, 6.45) is -79.6. The lowest BCUT2D eigenvalue weighted by molar-refractivity contribution is -0.398. The third-order valence-electron chi connectivity index (χ3n) is 16.8. The average molecular weight is 1410 g/mol. The van der Waals surface area contributed by atoms with Crippen LogP contribution in [0.15, 0.2) is 0 Å². The van der Waals surface area contributed by atoms with Crippen LogP contribution in [-0.2, 0) is 99.7 Å². The van der Waals surface area contributed by atoms with Gasteiger partial charge in [0.05, 0.1) is 65.6 Å². The molecule has 556 valence electrons. The van der Waals surface area contributed by atoms with Crippen LogP contribution in [-0.4, -0.2) is 436 Å². The fourth-order valence-corrected chi connectivity index (χ4v) is 11.4. The number of carbonyl (C=O) groups is 4. The lowest BCUT2D eigenvalue weighted by Gasteiger charge is -2.50. The molecule has 7 rings (SSSR count). The molecule has 7 fully saturated rings. The minimum Gasteiger partial charge on any atom is -0.394 e. The maximum absolute atomic E-state index is 12.1. The van der Waals surface area contributed by atoms with Crippen molar-refractivity contribution in [3.63, 3.8) is 0 Å². The second kappa shape index (κ2) is 36.8. The van der Waals surface area contributed by atoms with Gasteiger partial charge in [0.15, 0.2) is 62.9 Å². The lowest BCUT2D eigenvalue weighted by atomic mass is 9.94. The Hall–Kier alpha value is -2.88. The van der Waals surface area contributed by atoms with Crippen LogP contribution < -0.4 is 0 Å². The van der Waals surface area contributed by atoms with Gasteiger partial charge in [0, 0.05) is 0 Å². The van der Waals surface area contributed by atoms with Gasteiger partial charge in [-0.3, -0.25) is 9.59 Å². The first-order valence-electron chi connectivity index (χ1n) is 30.1. The molecular weight excluding hydrogens is 1320 g/mol. The molecule has 7 aliphatic heterocycles. The molecule has 7 aliphatic rings. The van der Waals surface area contributed by atoms with Crippen LogP contribution in [0.1, 0.15) is 6.92 Å². The standard InChI is InChI=1S/C53H86O43/c1-15-27(66)41(28(67)18(6-58)81-15)92-51-38(77)45(32(71)22(10-62)87-51)94-52-39(78)46(33(72)23(11-63)88-52)95-53-40(79)47(96-50-37(76)43(30(69)21(9-61)86-50)91-26(13-65)83-17(4-56)5-57)34(73)24(89-53)14-80-48-35(74)44(31(70)19(7-59)84-48)93-49-36(75)42(29(68)20(8-60)85-49)90-25(12-64)82-16(2-54)3-55/h2,4,12-13,15-53,55,57-63,66-79H,3,5-11,14H2,1H3/t15?,16?,17?,18?,19?,20?,21?,22?,23?,24?,25?,26?,27?,28?,29?,30?,31?,32?,33?,34?,35?,36-,37?,38?,39?,40?,41?,42?,43?,44?,45?,46?,47?,48?,49?,50?,51?,52?,53?/m0/s1. The second-order valence-electron chi connectivity index (χ2n) is 23.1. The zero-order valence-corrected chi connectivity index (χ0v) is 50.6. The first-order chi connectivity index (χ1) is 45.8.